The lowest BCUT2D eigenvalue weighted by Crippen LogP contribution is -2.51. The van der Waals surface area contributed by atoms with Gasteiger partial charge in [-0.2, -0.15) is 4.31 Å². The Labute approximate surface area is 277 Å². The van der Waals surface area contributed by atoms with Gasteiger partial charge in [-0.25, -0.2) is 13.2 Å². The number of rotatable bonds is 13. The fourth-order valence-electron chi connectivity index (χ4n) is 6.89. The number of nitrogens with one attached hydrogen (secondary N) is 1. The zero-order chi connectivity index (χ0) is 33.0. The summed E-state index contributed by atoms with van der Waals surface area (Å²) in [4.78, 5) is 15.7. The molecule has 0 radical (unpaired) electrons. The molecule has 0 saturated carbocycles. The Balaban J connectivity index is 1.21. The molecule has 0 bridgehead atoms. The number of carbonyl (C=O) groups is 1. The zero-order valence-corrected chi connectivity index (χ0v) is 28.1. The maximum Gasteiger partial charge on any atom is 0.407 e. The number of alkyl carbamates (subject to hydrolysis) is 1. The van der Waals surface area contributed by atoms with Crippen molar-refractivity contribution < 1.29 is 36.9 Å². The van der Waals surface area contributed by atoms with E-state index >= 15 is 0 Å². The molecule has 2 aromatic carbocycles. The van der Waals surface area contributed by atoms with Crippen LogP contribution in [-0.2, 0) is 37.2 Å². The van der Waals surface area contributed by atoms with Crippen molar-refractivity contribution in [1.82, 2.24) is 14.5 Å². The molecular formula is C35H47N3O8S. The number of sulfonamides is 1. The van der Waals surface area contributed by atoms with Gasteiger partial charge in [0.25, 0.3) is 0 Å². The lowest BCUT2D eigenvalue weighted by molar-refractivity contribution is -0.0907. The fourth-order valence-corrected chi connectivity index (χ4v) is 8.54. The van der Waals surface area contributed by atoms with Crippen LogP contribution in [0.2, 0.25) is 0 Å². The molecule has 1 unspecified atom stereocenters. The van der Waals surface area contributed by atoms with Crippen LogP contribution in [0.4, 0.5) is 4.79 Å². The third kappa shape index (κ3) is 8.18. The second-order valence-electron chi connectivity index (χ2n) is 13.4. The number of aliphatic hydroxyl groups excluding tert-OH is 1. The van der Waals surface area contributed by atoms with Crippen molar-refractivity contribution in [3.63, 3.8) is 0 Å². The lowest BCUT2D eigenvalue weighted by Gasteiger charge is -2.31. The molecule has 3 saturated heterocycles. The third-order valence-electron chi connectivity index (χ3n) is 9.37. The zero-order valence-electron chi connectivity index (χ0n) is 27.3. The van der Waals surface area contributed by atoms with Crippen LogP contribution < -0.4 is 5.32 Å². The van der Waals surface area contributed by atoms with Crippen LogP contribution in [0.3, 0.4) is 0 Å². The molecule has 1 aromatic heterocycles. The summed E-state index contributed by atoms with van der Waals surface area (Å²) in [7, 11) is -4.03. The average molecular weight is 670 g/mol. The van der Waals surface area contributed by atoms with E-state index < -0.39 is 34.4 Å². The molecule has 11 nitrogen and oxygen atoms in total. The predicted octanol–water partition coefficient (Wildman–Crippen LogP) is 4.53. The second kappa shape index (κ2) is 15.0. The van der Waals surface area contributed by atoms with Gasteiger partial charge in [-0.3, -0.25) is 4.90 Å². The Morgan fingerprint density at radius 1 is 1.09 bits per heavy atom. The highest BCUT2D eigenvalue weighted by molar-refractivity contribution is 7.89. The molecule has 6 rings (SSSR count). The largest absolute Gasteiger partial charge is 0.464 e. The van der Waals surface area contributed by atoms with Crippen molar-refractivity contribution in [3.8, 4) is 0 Å². The van der Waals surface area contributed by atoms with E-state index in [2.05, 4.69) is 10.2 Å². The number of furan rings is 1. The van der Waals surface area contributed by atoms with Gasteiger partial charge in [0.15, 0.2) is 6.29 Å². The summed E-state index contributed by atoms with van der Waals surface area (Å²) in [5.74, 6) is -0.0448. The first-order valence-corrected chi connectivity index (χ1v) is 18.3. The minimum atomic E-state index is -4.03. The number of piperidine rings is 1. The molecule has 5 atom stereocenters. The van der Waals surface area contributed by atoms with Gasteiger partial charge < -0.3 is 29.1 Å². The van der Waals surface area contributed by atoms with Gasteiger partial charge in [-0.1, -0.05) is 50.6 Å². The van der Waals surface area contributed by atoms with Crippen molar-refractivity contribution in [2.45, 2.75) is 81.9 Å². The number of carbonyl (C=O) groups excluding carboxylic acids is 1. The van der Waals surface area contributed by atoms with Crippen molar-refractivity contribution in [2.24, 2.45) is 11.8 Å². The number of nitrogens with zero attached hydrogens (tertiary/aromatic N) is 2. The van der Waals surface area contributed by atoms with E-state index in [4.69, 9.17) is 18.6 Å². The third-order valence-corrected chi connectivity index (χ3v) is 11.2. The van der Waals surface area contributed by atoms with E-state index in [0.717, 1.165) is 48.9 Å². The van der Waals surface area contributed by atoms with Gasteiger partial charge in [0, 0.05) is 30.6 Å². The molecule has 12 heteroatoms. The molecule has 3 fully saturated rings. The van der Waals surface area contributed by atoms with Crippen LogP contribution in [0.25, 0.3) is 11.0 Å². The number of hydrogen-bond donors (Lipinski definition) is 2. The fraction of sp³-hybridized carbons (Fsp3) is 0.571. The minimum absolute atomic E-state index is 0.0151. The van der Waals surface area contributed by atoms with E-state index in [1.54, 1.807) is 24.5 Å². The Kier molecular flexibility index (Phi) is 10.8. The van der Waals surface area contributed by atoms with Crippen LogP contribution in [0.15, 0.2) is 64.1 Å². The Morgan fingerprint density at radius 3 is 2.64 bits per heavy atom. The number of amides is 1. The molecule has 47 heavy (non-hydrogen) atoms. The molecule has 2 N–H and O–H groups in total. The number of ether oxygens (including phenoxy) is 3. The van der Waals surface area contributed by atoms with Gasteiger partial charge in [0.05, 0.1) is 42.4 Å². The summed E-state index contributed by atoms with van der Waals surface area (Å²) < 4.78 is 52.5. The monoisotopic (exact) mass is 669 g/mol. The van der Waals surface area contributed by atoms with Gasteiger partial charge >= 0.3 is 6.09 Å². The van der Waals surface area contributed by atoms with Crippen molar-refractivity contribution in [2.75, 3.05) is 39.4 Å². The maximum atomic E-state index is 14.2. The smallest absolute Gasteiger partial charge is 0.407 e. The van der Waals surface area contributed by atoms with E-state index in [-0.39, 0.29) is 49.1 Å². The number of benzene rings is 2. The topological polar surface area (TPSA) is 131 Å². The van der Waals surface area contributed by atoms with Gasteiger partial charge in [0.1, 0.15) is 11.7 Å². The molecule has 0 aliphatic carbocycles. The van der Waals surface area contributed by atoms with Gasteiger partial charge in [-0.05, 0) is 68.5 Å². The maximum absolute atomic E-state index is 14.2. The summed E-state index contributed by atoms with van der Waals surface area (Å²) in [5, 5.41) is 15.3. The molecular weight excluding hydrogens is 622 g/mol. The van der Waals surface area contributed by atoms with Crippen LogP contribution in [0.1, 0.15) is 50.7 Å². The number of aliphatic hydroxyl groups is 1. The normalized spacial score (nSPS) is 23.3. The lowest BCUT2D eigenvalue weighted by atomic mass is 10.0. The summed E-state index contributed by atoms with van der Waals surface area (Å²) in [6.45, 7) is 7.38. The molecule has 0 spiro atoms. The van der Waals surface area contributed by atoms with Crippen molar-refractivity contribution in [3.05, 3.63) is 65.9 Å². The Bertz CT molecular complexity index is 1590. The highest BCUT2D eigenvalue weighted by Gasteiger charge is 2.44. The number of hydrogen-bond acceptors (Lipinski definition) is 9. The standard InChI is InChI=1S/C35H47N3O8S/c1-24(2)19-38(47(41,42)27-11-12-32-29(18-27)26(22-44-32)20-37-14-7-4-8-15-37)21-31(39)30(17-25-9-5-3-6-10-25)36-35(40)46-33-23-45-34-28(33)13-16-43-34/h3,5-6,9-12,18,22,24,28,30-31,33-34,39H,4,7-8,13-17,19-21,23H2,1-2H3,(H,36,40)/t28-,30-,31+,33?,34+/m0/s1. The summed E-state index contributed by atoms with van der Waals surface area (Å²) in [6, 6.07) is 13.6. The first-order valence-electron chi connectivity index (χ1n) is 16.8. The van der Waals surface area contributed by atoms with E-state index in [0.29, 0.717) is 18.7 Å². The second-order valence-corrected chi connectivity index (χ2v) is 15.4. The minimum Gasteiger partial charge on any atom is -0.464 e. The molecule has 1 amide bonds. The highest BCUT2D eigenvalue weighted by Crippen LogP contribution is 2.33. The predicted molar refractivity (Wildman–Crippen MR) is 176 cm³/mol. The summed E-state index contributed by atoms with van der Waals surface area (Å²) in [5.41, 5.74) is 2.48. The molecule has 3 aliphatic rings. The summed E-state index contributed by atoms with van der Waals surface area (Å²) in [6.07, 6.45) is 3.56. The van der Waals surface area contributed by atoms with Crippen LogP contribution in [0, 0.1) is 11.8 Å². The quantitative estimate of drug-likeness (QED) is 0.270. The number of fused-ring (bicyclic) bond motifs is 2. The highest BCUT2D eigenvalue weighted by atomic mass is 32.2. The SMILES string of the molecule is CC(C)CN(C[C@@H](O)[C@H](Cc1ccccc1)NC(=O)OC1CO[C@H]2OCC[C@@H]12)S(=O)(=O)c1ccc2occ(CN3CCCCC3)c2c1. The molecule has 3 aromatic rings. The average Bonchev–Trinajstić information content (AvgIpc) is 3.79. The molecule has 4 heterocycles. The van der Waals surface area contributed by atoms with Crippen LogP contribution in [-0.4, -0.2) is 92.8 Å². The van der Waals surface area contributed by atoms with Crippen LogP contribution in [0.5, 0.6) is 0 Å². The first kappa shape index (κ1) is 33.9. The van der Waals surface area contributed by atoms with E-state index in [1.165, 1.54) is 10.7 Å². The van der Waals surface area contributed by atoms with E-state index in [9.17, 15) is 18.3 Å². The summed E-state index contributed by atoms with van der Waals surface area (Å²) >= 11 is 0. The Hall–Kier alpha value is -3.00. The van der Waals surface area contributed by atoms with Crippen LogP contribution >= 0.6 is 0 Å². The van der Waals surface area contributed by atoms with Gasteiger partial charge in [-0.15, -0.1) is 0 Å². The van der Waals surface area contributed by atoms with Crippen molar-refractivity contribution >= 4 is 27.1 Å². The first-order chi connectivity index (χ1) is 22.7. The molecule has 3 aliphatic heterocycles. The Morgan fingerprint density at radius 2 is 1.87 bits per heavy atom. The molecule has 256 valence electrons. The van der Waals surface area contributed by atoms with Crippen molar-refractivity contribution in [1.29, 1.82) is 0 Å². The van der Waals surface area contributed by atoms with E-state index in [1.807, 2.05) is 44.2 Å². The van der Waals surface area contributed by atoms with Gasteiger partial charge in [0.2, 0.25) is 10.0 Å². The number of likely N-dealkylation sites (tertiary alicyclic amines) is 1.